The van der Waals surface area contributed by atoms with E-state index in [1.54, 1.807) is 6.08 Å². The summed E-state index contributed by atoms with van der Waals surface area (Å²) in [6, 6.07) is 0. The SMILES string of the molecule is C=C1C(=O)O[C@@H]2C[C@H](C)[C@@]3(/C=C/C(C)=O)O[C@H]3C[C@H]12. The minimum atomic E-state index is -0.345. The third kappa shape index (κ3) is 1.86. The van der Waals surface area contributed by atoms with E-state index < -0.39 is 0 Å². The Kier molecular flexibility index (Phi) is 2.68. The molecule has 0 unspecified atom stereocenters. The van der Waals surface area contributed by atoms with E-state index in [9.17, 15) is 9.59 Å². The van der Waals surface area contributed by atoms with E-state index in [-0.39, 0.29) is 41.4 Å². The molecule has 0 spiro atoms. The number of carbonyl (C=O) groups is 2. The smallest absolute Gasteiger partial charge is 0.334 e. The molecule has 1 aliphatic carbocycles. The van der Waals surface area contributed by atoms with Crippen LogP contribution in [0.4, 0.5) is 0 Å². The first-order valence-corrected chi connectivity index (χ1v) is 6.71. The molecule has 0 aromatic rings. The number of hydrogen-bond acceptors (Lipinski definition) is 4. The summed E-state index contributed by atoms with van der Waals surface area (Å²) < 4.78 is 11.2. The lowest BCUT2D eigenvalue weighted by molar-refractivity contribution is -0.139. The second-order valence-corrected chi connectivity index (χ2v) is 5.85. The van der Waals surface area contributed by atoms with Crippen LogP contribution in [0.1, 0.15) is 26.7 Å². The minimum Gasteiger partial charge on any atom is -0.458 e. The predicted molar refractivity (Wildman–Crippen MR) is 68.3 cm³/mol. The fraction of sp³-hybridized carbons (Fsp3) is 0.600. The van der Waals surface area contributed by atoms with Crippen molar-refractivity contribution < 1.29 is 19.1 Å². The van der Waals surface area contributed by atoms with Crippen molar-refractivity contribution in [2.24, 2.45) is 11.8 Å². The van der Waals surface area contributed by atoms with Crippen LogP contribution in [0.25, 0.3) is 0 Å². The molecule has 0 aromatic heterocycles. The first-order valence-electron chi connectivity index (χ1n) is 6.71. The molecule has 0 N–H and O–H groups in total. The number of carbonyl (C=O) groups excluding carboxylic acids is 2. The van der Waals surface area contributed by atoms with Crippen LogP contribution >= 0.6 is 0 Å². The van der Waals surface area contributed by atoms with Gasteiger partial charge in [0.15, 0.2) is 5.78 Å². The first kappa shape index (κ1) is 12.6. The van der Waals surface area contributed by atoms with E-state index >= 15 is 0 Å². The van der Waals surface area contributed by atoms with Gasteiger partial charge in [-0.2, -0.15) is 0 Å². The third-order valence-corrected chi connectivity index (χ3v) is 4.61. The van der Waals surface area contributed by atoms with Gasteiger partial charge in [0.2, 0.25) is 0 Å². The van der Waals surface area contributed by atoms with Gasteiger partial charge in [0.05, 0.1) is 6.10 Å². The van der Waals surface area contributed by atoms with Gasteiger partial charge in [-0.3, -0.25) is 4.79 Å². The van der Waals surface area contributed by atoms with Gasteiger partial charge in [-0.05, 0) is 37.8 Å². The lowest BCUT2D eigenvalue weighted by Gasteiger charge is -2.20. The number of rotatable bonds is 2. The molecular weight excluding hydrogens is 244 g/mol. The summed E-state index contributed by atoms with van der Waals surface area (Å²) in [6.45, 7) is 7.45. The molecule has 4 nitrogen and oxygen atoms in total. The number of hydrogen-bond donors (Lipinski definition) is 0. The van der Waals surface area contributed by atoms with E-state index in [4.69, 9.17) is 9.47 Å². The van der Waals surface area contributed by atoms with Crippen molar-refractivity contribution >= 4 is 11.8 Å². The summed E-state index contributed by atoms with van der Waals surface area (Å²) >= 11 is 0. The zero-order valence-electron chi connectivity index (χ0n) is 11.2. The Bertz CT molecular complexity index is 492. The fourth-order valence-electron chi connectivity index (χ4n) is 3.38. The average molecular weight is 262 g/mol. The maximum Gasteiger partial charge on any atom is 0.334 e. The quantitative estimate of drug-likeness (QED) is 0.432. The molecule has 4 heteroatoms. The second-order valence-electron chi connectivity index (χ2n) is 5.85. The number of esters is 1. The number of epoxide rings is 1. The average Bonchev–Trinajstić information content (AvgIpc) is 3.00. The number of ether oxygens (including phenoxy) is 2. The van der Waals surface area contributed by atoms with Gasteiger partial charge >= 0.3 is 5.97 Å². The number of ketones is 1. The van der Waals surface area contributed by atoms with Crippen LogP contribution in [0.2, 0.25) is 0 Å². The topological polar surface area (TPSA) is 55.9 Å². The van der Waals surface area contributed by atoms with E-state index in [1.807, 2.05) is 6.08 Å². The summed E-state index contributed by atoms with van der Waals surface area (Å²) in [4.78, 5) is 22.7. The molecule has 2 heterocycles. The van der Waals surface area contributed by atoms with Crippen LogP contribution in [-0.4, -0.2) is 29.6 Å². The highest BCUT2D eigenvalue weighted by Crippen LogP contribution is 2.54. The van der Waals surface area contributed by atoms with Crippen molar-refractivity contribution in [1.29, 1.82) is 0 Å². The molecule has 0 bridgehead atoms. The van der Waals surface area contributed by atoms with Crippen molar-refractivity contribution in [3.05, 3.63) is 24.3 Å². The molecule has 0 radical (unpaired) electrons. The summed E-state index contributed by atoms with van der Waals surface area (Å²) in [5, 5.41) is 0. The molecule has 2 aliphatic heterocycles. The number of allylic oxidation sites excluding steroid dienone is 1. The monoisotopic (exact) mass is 262 g/mol. The lowest BCUT2D eigenvalue weighted by atomic mass is 9.88. The predicted octanol–water partition coefficient (Wildman–Crippen LogP) is 1.80. The Hall–Kier alpha value is -1.42. The highest BCUT2D eigenvalue weighted by molar-refractivity contribution is 5.91. The molecule has 3 fully saturated rings. The van der Waals surface area contributed by atoms with Gasteiger partial charge in [0.25, 0.3) is 0 Å². The van der Waals surface area contributed by atoms with Gasteiger partial charge in [0.1, 0.15) is 11.7 Å². The van der Waals surface area contributed by atoms with Gasteiger partial charge in [-0.25, -0.2) is 4.79 Å². The van der Waals surface area contributed by atoms with Gasteiger partial charge in [-0.1, -0.05) is 13.5 Å². The maximum atomic E-state index is 11.6. The zero-order chi connectivity index (χ0) is 13.8. The van der Waals surface area contributed by atoms with Crippen LogP contribution in [0.5, 0.6) is 0 Å². The van der Waals surface area contributed by atoms with E-state index in [1.165, 1.54) is 6.92 Å². The van der Waals surface area contributed by atoms with Crippen molar-refractivity contribution in [3.8, 4) is 0 Å². The van der Waals surface area contributed by atoms with Crippen molar-refractivity contribution in [3.63, 3.8) is 0 Å². The molecule has 3 aliphatic rings. The van der Waals surface area contributed by atoms with Crippen LogP contribution in [0.3, 0.4) is 0 Å². The van der Waals surface area contributed by atoms with Crippen molar-refractivity contribution in [2.45, 2.75) is 44.5 Å². The Labute approximate surface area is 112 Å². The third-order valence-electron chi connectivity index (χ3n) is 4.61. The lowest BCUT2D eigenvalue weighted by Crippen LogP contribution is -2.24. The van der Waals surface area contributed by atoms with Crippen LogP contribution in [0.15, 0.2) is 24.3 Å². The highest BCUT2D eigenvalue weighted by atomic mass is 16.6. The van der Waals surface area contributed by atoms with Crippen molar-refractivity contribution in [2.75, 3.05) is 0 Å². The van der Waals surface area contributed by atoms with E-state index in [0.717, 1.165) is 12.8 Å². The molecule has 0 amide bonds. The van der Waals surface area contributed by atoms with Gasteiger partial charge < -0.3 is 9.47 Å². The largest absolute Gasteiger partial charge is 0.458 e. The summed E-state index contributed by atoms with van der Waals surface area (Å²) in [7, 11) is 0. The minimum absolute atomic E-state index is 0.0242. The highest BCUT2D eigenvalue weighted by Gasteiger charge is 2.63. The molecule has 19 heavy (non-hydrogen) atoms. The Balaban J connectivity index is 1.83. The molecule has 3 rings (SSSR count). The summed E-state index contributed by atoms with van der Waals surface area (Å²) in [5.41, 5.74) is 0.224. The molecule has 2 saturated heterocycles. The standard InChI is InChI=1S/C15H18O4/c1-8-6-12-11(10(3)14(17)18-12)7-13-15(8,19-13)5-4-9(2)16/h4-5,8,11-13H,3,6-7H2,1-2H3/b5-4+/t8-,11+,12+,13-,15+/m0/s1. The van der Waals surface area contributed by atoms with Crippen LogP contribution < -0.4 is 0 Å². The normalized spacial score (nSPS) is 44.5. The first-order chi connectivity index (χ1) is 8.94. The van der Waals surface area contributed by atoms with E-state index in [2.05, 4.69) is 13.5 Å². The Morgan fingerprint density at radius 2 is 2.21 bits per heavy atom. The maximum absolute atomic E-state index is 11.6. The second kappa shape index (κ2) is 4.04. The zero-order valence-corrected chi connectivity index (χ0v) is 11.2. The molecular formula is C15H18O4. The molecule has 0 aromatic carbocycles. The molecule has 102 valence electrons. The number of fused-ring (bicyclic) bond motifs is 2. The van der Waals surface area contributed by atoms with Gasteiger partial charge in [0, 0.05) is 11.5 Å². The molecule has 5 atom stereocenters. The summed E-state index contributed by atoms with van der Waals surface area (Å²) in [5.74, 6) is 0.0441. The van der Waals surface area contributed by atoms with Gasteiger partial charge in [-0.15, -0.1) is 0 Å². The molecule has 1 saturated carbocycles. The summed E-state index contributed by atoms with van der Waals surface area (Å²) in [6.07, 6.45) is 4.97. The Morgan fingerprint density at radius 3 is 2.89 bits per heavy atom. The fourth-order valence-corrected chi connectivity index (χ4v) is 3.38. The van der Waals surface area contributed by atoms with E-state index in [0.29, 0.717) is 5.57 Å². The van der Waals surface area contributed by atoms with Crippen LogP contribution in [-0.2, 0) is 19.1 Å². The Morgan fingerprint density at radius 1 is 1.47 bits per heavy atom. The van der Waals surface area contributed by atoms with Crippen LogP contribution in [0, 0.1) is 11.8 Å². The van der Waals surface area contributed by atoms with Crippen molar-refractivity contribution in [1.82, 2.24) is 0 Å².